The molecule has 0 saturated carbocycles. The second-order valence-corrected chi connectivity index (χ2v) is 4.95. The first-order chi connectivity index (χ1) is 10.1. The van der Waals surface area contributed by atoms with Gasteiger partial charge in [-0.15, -0.1) is 0 Å². The smallest absolute Gasteiger partial charge is 0.247 e. The highest BCUT2D eigenvalue weighted by atomic mass is 16.2. The third kappa shape index (κ3) is 2.62. The predicted molar refractivity (Wildman–Crippen MR) is 75.2 cm³/mol. The standard InChI is InChI=1S/C14H15N5O2/c1-10(19-9-15-8-16-19)14(21)18-6-11-4-2-3-5-12(11)17-13(20)7-18/h2-5,8-10H,6-7H2,1H3,(H,17,20). The fourth-order valence-electron chi connectivity index (χ4n) is 2.36. The van der Waals surface area contributed by atoms with Crippen molar-refractivity contribution in [3.63, 3.8) is 0 Å². The Balaban J connectivity index is 1.85. The average Bonchev–Trinajstić information content (AvgIpc) is 2.95. The molecule has 0 saturated heterocycles. The van der Waals surface area contributed by atoms with Crippen LogP contribution in [0.3, 0.4) is 0 Å². The van der Waals surface area contributed by atoms with Crippen molar-refractivity contribution >= 4 is 17.5 Å². The Morgan fingerprint density at radius 1 is 1.33 bits per heavy atom. The Morgan fingerprint density at radius 2 is 2.14 bits per heavy atom. The summed E-state index contributed by atoms with van der Waals surface area (Å²) < 4.78 is 1.48. The lowest BCUT2D eigenvalue weighted by atomic mass is 10.1. The van der Waals surface area contributed by atoms with Crippen LogP contribution in [0.1, 0.15) is 18.5 Å². The normalized spacial score (nSPS) is 15.9. The number of carbonyl (C=O) groups is 2. The molecule has 2 heterocycles. The lowest BCUT2D eigenvalue weighted by Gasteiger charge is -2.23. The number of aromatic nitrogens is 3. The molecule has 0 bridgehead atoms. The highest BCUT2D eigenvalue weighted by Crippen LogP contribution is 2.21. The van der Waals surface area contributed by atoms with Crippen LogP contribution in [0.15, 0.2) is 36.9 Å². The number of hydrogen-bond donors (Lipinski definition) is 1. The summed E-state index contributed by atoms with van der Waals surface area (Å²) in [5, 5.41) is 6.79. The number of nitrogens with one attached hydrogen (secondary N) is 1. The van der Waals surface area contributed by atoms with Crippen molar-refractivity contribution in [2.24, 2.45) is 0 Å². The van der Waals surface area contributed by atoms with E-state index in [4.69, 9.17) is 0 Å². The van der Waals surface area contributed by atoms with E-state index in [-0.39, 0.29) is 18.4 Å². The van der Waals surface area contributed by atoms with E-state index in [0.29, 0.717) is 6.54 Å². The van der Waals surface area contributed by atoms with E-state index < -0.39 is 6.04 Å². The van der Waals surface area contributed by atoms with Crippen molar-refractivity contribution in [2.45, 2.75) is 19.5 Å². The van der Waals surface area contributed by atoms with E-state index in [9.17, 15) is 9.59 Å². The fraction of sp³-hybridized carbons (Fsp3) is 0.286. The molecule has 1 N–H and O–H groups in total. The molecule has 1 aliphatic rings. The van der Waals surface area contributed by atoms with Gasteiger partial charge >= 0.3 is 0 Å². The average molecular weight is 285 g/mol. The van der Waals surface area contributed by atoms with Crippen LogP contribution in [0.5, 0.6) is 0 Å². The van der Waals surface area contributed by atoms with Crippen molar-refractivity contribution < 1.29 is 9.59 Å². The van der Waals surface area contributed by atoms with Crippen LogP contribution in [0, 0.1) is 0 Å². The predicted octanol–water partition coefficient (Wildman–Crippen LogP) is 0.820. The highest BCUT2D eigenvalue weighted by molar-refractivity contribution is 5.96. The highest BCUT2D eigenvalue weighted by Gasteiger charge is 2.27. The molecule has 2 amide bonds. The van der Waals surface area contributed by atoms with Gasteiger partial charge in [-0.1, -0.05) is 18.2 Å². The maximum Gasteiger partial charge on any atom is 0.247 e. The van der Waals surface area contributed by atoms with Gasteiger partial charge in [-0.05, 0) is 18.6 Å². The van der Waals surface area contributed by atoms with Gasteiger partial charge in [0.2, 0.25) is 11.8 Å². The van der Waals surface area contributed by atoms with Gasteiger partial charge in [0.25, 0.3) is 0 Å². The van der Waals surface area contributed by atoms with E-state index in [1.165, 1.54) is 22.2 Å². The minimum Gasteiger partial charge on any atom is -0.327 e. The van der Waals surface area contributed by atoms with Crippen molar-refractivity contribution in [3.8, 4) is 0 Å². The number of amides is 2. The van der Waals surface area contributed by atoms with E-state index in [1.807, 2.05) is 24.3 Å². The van der Waals surface area contributed by atoms with Gasteiger partial charge in [0.15, 0.2) is 0 Å². The van der Waals surface area contributed by atoms with E-state index >= 15 is 0 Å². The number of para-hydroxylation sites is 1. The summed E-state index contributed by atoms with van der Waals surface area (Å²) in [5.74, 6) is -0.355. The van der Waals surface area contributed by atoms with Gasteiger partial charge < -0.3 is 10.2 Å². The summed E-state index contributed by atoms with van der Waals surface area (Å²) in [4.78, 5) is 29.9. The van der Waals surface area contributed by atoms with Crippen molar-refractivity contribution in [3.05, 3.63) is 42.5 Å². The first-order valence-corrected chi connectivity index (χ1v) is 6.66. The van der Waals surface area contributed by atoms with Gasteiger partial charge in [0.05, 0.1) is 0 Å². The molecule has 1 unspecified atom stereocenters. The van der Waals surface area contributed by atoms with E-state index in [0.717, 1.165) is 11.3 Å². The van der Waals surface area contributed by atoms with Crippen LogP contribution in [-0.2, 0) is 16.1 Å². The third-order valence-corrected chi connectivity index (χ3v) is 3.49. The van der Waals surface area contributed by atoms with Crippen LogP contribution in [0.2, 0.25) is 0 Å². The Labute approximate surface area is 121 Å². The number of hydrogen-bond acceptors (Lipinski definition) is 4. The zero-order valence-electron chi connectivity index (χ0n) is 11.6. The van der Waals surface area contributed by atoms with Crippen LogP contribution < -0.4 is 5.32 Å². The van der Waals surface area contributed by atoms with Crippen LogP contribution >= 0.6 is 0 Å². The van der Waals surface area contributed by atoms with E-state index in [1.54, 1.807) is 6.92 Å². The van der Waals surface area contributed by atoms with Crippen LogP contribution in [0.4, 0.5) is 5.69 Å². The number of benzene rings is 1. The van der Waals surface area contributed by atoms with Gasteiger partial charge in [0, 0.05) is 12.2 Å². The molecule has 1 aromatic heterocycles. The lowest BCUT2D eigenvalue weighted by molar-refractivity contribution is -0.138. The lowest BCUT2D eigenvalue weighted by Crippen LogP contribution is -2.39. The number of rotatable bonds is 2. The molecule has 2 aromatic rings. The second kappa shape index (κ2) is 5.35. The van der Waals surface area contributed by atoms with Crippen molar-refractivity contribution in [1.82, 2.24) is 19.7 Å². The minimum absolute atomic E-state index is 0.0343. The number of carbonyl (C=O) groups excluding carboxylic acids is 2. The summed E-state index contributed by atoms with van der Waals surface area (Å²) in [5.41, 5.74) is 1.67. The zero-order chi connectivity index (χ0) is 14.8. The van der Waals surface area contributed by atoms with Gasteiger partial charge in [0.1, 0.15) is 25.2 Å². The Hall–Kier alpha value is -2.70. The summed E-state index contributed by atoms with van der Waals surface area (Å²) in [6, 6.07) is 6.99. The summed E-state index contributed by atoms with van der Waals surface area (Å²) in [7, 11) is 0. The Bertz CT molecular complexity index is 668. The summed E-state index contributed by atoms with van der Waals surface area (Å²) >= 11 is 0. The molecule has 0 fully saturated rings. The molecule has 108 valence electrons. The topological polar surface area (TPSA) is 80.1 Å². The largest absolute Gasteiger partial charge is 0.327 e. The Morgan fingerprint density at radius 3 is 2.90 bits per heavy atom. The SMILES string of the molecule is CC(C(=O)N1CC(=O)Nc2ccccc2C1)n1cncn1. The molecule has 1 aromatic carbocycles. The minimum atomic E-state index is -0.495. The second-order valence-electron chi connectivity index (χ2n) is 4.95. The number of anilines is 1. The molecule has 0 aliphatic carbocycles. The summed E-state index contributed by atoms with van der Waals surface area (Å²) in [6.07, 6.45) is 2.88. The summed E-state index contributed by atoms with van der Waals surface area (Å²) in [6.45, 7) is 2.17. The van der Waals surface area contributed by atoms with Crippen LogP contribution in [-0.4, -0.2) is 38.0 Å². The molecular weight excluding hydrogens is 270 g/mol. The molecule has 1 atom stereocenters. The zero-order valence-corrected chi connectivity index (χ0v) is 11.6. The van der Waals surface area contributed by atoms with Crippen molar-refractivity contribution in [1.29, 1.82) is 0 Å². The number of nitrogens with zero attached hydrogens (tertiary/aromatic N) is 4. The van der Waals surface area contributed by atoms with Crippen LogP contribution in [0.25, 0.3) is 0 Å². The van der Waals surface area contributed by atoms with Crippen molar-refractivity contribution in [2.75, 3.05) is 11.9 Å². The Kier molecular flexibility index (Phi) is 3.39. The molecule has 0 spiro atoms. The molecule has 21 heavy (non-hydrogen) atoms. The fourth-order valence-corrected chi connectivity index (χ4v) is 2.36. The molecule has 7 heteroatoms. The van der Waals surface area contributed by atoms with Gasteiger partial charge in [-0.25, -0.2) is 9.67 Å². The van der Waals surface area contributed by atoms with Gasteiger partial charge in [-0.2, -0.15) is 5.10 Å². The first kappa shape index (κ1) is 13.3. The molecule has 7 nitrogen and oxygen atoms in total. The quantitative estimate of drug-likeness (QED) is 0.886. The third-order valence-electron chi connectivity index (χ3n) is 3.49. The monoisotopic (exact) mass is 285 g/mol. The molecular formula is C14H15N5O2. The molecule has 0 radical (unpaired) electrons. The number of fused-ring (bicyclic) bond motifs is 1. The molecule has 3 rings (SSSR count). The van der Waals surface area contributed by atoms with Gasteiger partial charge in [-0.3, -0.25) is 9.59 Å². The molecule has 1 aliphatic heterocycles. The first-order valence-electron chi connectivity index (χ1n) is 6.66. The van der Waals surface area contributed by atoms with E-state index in [2.05, 4.69) is 15.4 Å². The maximum absolute atomic E-state index is 12.6. The maximum atomic E-state index is 12.6.